The van der Waals surface area contributed by atoms with Gasteiger partial charge >= 0.3 is 0 Å². The van der Waals surface area contributed by atoms with Crippen LogP contribution in [-0.4, -0.2) is 35.2 Å². The van der Waals surface area contributed by atoms with Gasteiger partial charge in [-0.15, -0.1) is 0 Å². The Balaban J connectivity index is 2.45. The first-order valence-electron chi connectivity index (χ1n) is 6.86. The number of nitro groups is 1. The summed E-state index contributed by atoms with van der Waals surface area (Å²) < 4.78 is 5.37. The van der Waals surface area contributed by atoms with Gasteiger partial charge < -0.3 is 10.1 Å². The highest BCUT2D eigenvalue weighted by Crippen LogP contribution is 2.17. The molecule has 8 heteroatoms. The lowest BCUT2D eigenvalue weighted by Gasteiger charge is -2.10. The molecule has 1 aromatic rings. The highest BCUT2D eigenvalue weighted by molar-refractivity contribution is 7.80. The number of para-hydroxylation sites is 1. The molecule has 0 aliphatic carbocycles. The Morgan fingerprint density at radius 2 is 2.09 bits per heavy atom. The van der Waals surface area contributed by atoms with Crippen LogP contribution in [0.4, 0.5) is 5.69 Å². The normalized spacial score (nSPS) is 10.3. The summed E-state index contributed by atoms with van der Waals surface area (Å²) in [6.45, 7) is 5.03. The quantitative estimate of drug-likeness (QED) is 0.345. The Hall–Kier alpha value is -2.06. The van der Waals surface area contributed by atoms with Gasteiger partial charge in [0.1, 0.15) is 5.56 Å². The minimum absolute atomic E-state index is 0.0280. The molecule has 22 heavy (non-hydrogen) atoms. The zero-order valence-corrected chi connectivity index (χ0v) is 13.3. The van der Waals surface area contributed by atoms with E-state index in [1.165, 1.54) is 18.2 Å². The summed E-state index contributed by atoms with van der Waals surface area (Å²) >= 11 is 4.99. The molecule has 0 aromatic heterocycles. The molecule has 0 aliphatic heterocycles. The zero-order valence-electron chi connectivity index (χ0n) is 12.5. The SMILES string of the molecule is CC(C)OCCCNC(=S)NC(=O)c1ccccc1[N+](=O)[O-]. The fourth-order valence-corrected chi connectivity index (χ4v) is 1.83. The van der Waals surface area contributed by atoms with Gasteiger partial charge in [0.25, 0.3) is 11.6 Å². The summed E-state index contributed by atoms with van der Waals surface area (Å²) in [4.78, 5) is 22.3. The molecule has 0 aliphatic rings. The molecule has 1 aromatic carbocycles. The van der Waals surface area contributed by atoms with Gasteiger partial charge in [-0.25, -0.2) is 0 Å². The summed E-state index contributed by atoms with van der Waals surface area (Å²) in [6, 6.07) is 5.71. The largest absolute Gasteiger partial charge is 0.379 e. The number of carbonyl (C=O) groups is 1. The van der Waals surface area contributed by atoms with Crippen molar-refractivity contribution in [1.29, 1.82) is 0 Å². The Kier molecular flexibility index (Phi) is 7.41. The predicted molar refractivity (Wildman–Crippen MR) is 86.9 cm³/mol. The second-order valence-corrected chi connectivity index (χ2v) is 5.17. The molecule has 0 saturated carbocycles. The Bertz CT molecular complexity index is 549. The third kappa shape index (κ3) is 6.15. The van der Waals surface area contributed by atoms with Crippen molar-refractivity contribution >= 4 is 28.9 Å². The number of rotatable bonds is 7. The highest BCUT2D eigenvalue weighted by atomic mass is 32.1. The van der Waals surface area contributed by atoms with Crippen molar-refractivity contribution in [2.24, 2.45) is 0 Å². The van der Waals surface area contributed by atoms with E-state index in [0.29, 0.717) is 13.2 Å². The van der Waals surface area contributed by atoms with E-state index in [1.807, 2.05) is 13.8 Å². The van der Waals surface area contributed by atoms with Gasteiger partial charge in [0.05, 0.1) is 11.0 Å². The van der Waals surface area contributed by atoms with Crippen LogP contribution in [0.3, 0.4) is 0 Å². The monoisotopic (exact) mass is 325 g/mol. The number of carbonyl (C=O) groups excluding carboxylic acids is 1. The van der Waals surface area contributed by atoms with Gasteiger partial charge in [-0.05, 0) is 38.6 Å². The molecular formula is C14H19N3O4S. The van der Waals surface area contributed by atoms with Crippen LogP contribution < -0.4 is 10.6 Å². The molecule has 7 nitrogen and oxygen atoms in total. The van der Waals surface area contributed by atoms with E-state index in [4.69, 9.17) is 17.0 Å². The third-order valence-electron chi connectivity index (χ3n) is 2.63. The number of thiocarbonyl (C=S) groups is 1. The standard InChI is InChI=1S/C14H19N3O4S/c1-10(2)21-9-5-8-15-14(22)16-13(18)11-6-3-4-7-12(11)17(19)20/h3-4,6-7,10H,5,8-9H2,1-2H3,(H2,15,16,18,22). The van der Waals surface area contributed by atoms with Crippen LogP contribution in [0.25, 0.3) is 0 Å². The summed E-state index contributed by atoms with van der Waals surface area (Å²) in [6.07, 6.45) is 0.907. The maximum atomic E-state index is 12.0. The van der Waals surface area contributed by atoms with Crippen LogP contribution in [0.1, 0.15) is 30.6 Å². The van der Waals surface area contributed by atoms with E-state index in [-0.39, 0.29) is 22.5 Å². The van der Waals surface area contributed by atoms with E-state index >= 15 is 0 Å². The number of nitrogens with zero attached hydrogens (tertiary/aromatic N) is 1. The van der Waals surface area contributed by atoms with Gasteiger partial charge in [0.15, 0.2) is 5.11 Å². The lowest BCUT2D eigenvalue weighted by Crippen LogP contribution is -2.40. The van der Waals surface area contributed by atoms with Gasteiger partial charge in [0, 0.05) is 19.2 Å². The minimum atomic E-state index is -0.608. The Morgan fingerprint density at radius 1 is 1.41 bits per heavy atom. The number of ether oxygens (including phenoxy) is 1. The number of hydrogen-bond donors (Lipinski definition) is 2. The smallest absolute Gasteiger partial charge is 0.282 e. The summed E-state index contributed by atoms with van der Waals surface area (Å²) in [5.41, 5.74) is -0.284. The van der Waals surface area contributed by atoms with Crippen LogP contribution in [0.5, 0.6) is 0 Å². The molecule has 1 amide bonds. The highest BCUT2D eigenvalue weighted by Gasteiger charge is 2.19. The van der Waals surface area contributed by atoms with Gasteiger partial charge in [-0.3, -0.25) is 20.2 Å². The number of benzene rings is 1. The van der Waals surface area contributed by atoms with Crippen LogP contribution in [-0.2, 0) is 4.74 Å². The molecule has 0 fully saturated rings. The van der Waals surface area contributed by atoms with Crippen LogP contribution >= 0.6 is 12.2 Å². The number of nitrogens with one attached hydrogen (secondary N) is 2. The van der Waals surface area contributed by atoms with Gasteiger partial charge in [-0.2, -0.15) is 0 Å². The van der Waals surface area contributed by atoms with E-state index in [2.05, 4.69) is 10.6 Å². The van der Waals surface area contributed by atoms with Crippen molar-refractivity contribution in [3.05, 3.63) is 39.9 Å². The second kappa shape index (κ2) is 9.06. The van der Waals surface area contributed by atoms with E-state index < -0.39 is 10.8 Å². The molecule has 0 bridgehead atoms. The Labute approximate surface area is 134 Å². The maximum Gasteiger partial charge on any atom is 0.282 e. The second-order valence-electron chi connectivity index (χ2n) is 4.76. The van der Waals surface area contributed by atoms with Crippen LogP contribution in [0.2, 0.25) is 0 Å². The molecule has 1 rings (SSSR count). The van der Waals surface area contributed by atoms with Crippen molar-refractivity contribution in [1.82, 2.24) is 10.6 Å². The first-order chi connectivity index (χ1) is 10.4. The molecule has 0 spiro atoms. The first-order valence-corrected chi connectivity index (χ1v) is 7.27. The van der Waals surface area contributed by atoms with Gasteiger partial charge in [0.2, 0.25) is 0 Å². The van der Waals surface area contributed by atoms with Gasteiger partial charge in [-0.1, -0.05) is 12.1 Å². The lowest BCUT2D eigenvalue weighted by atomic mass is 10.1. The van der Waals surface area contributed by atoms with Crippen molar-refractivity contribution in [2.75, 3.05) is 13.2 Å². The average Bonchev–Trinajstić information content (AvgIpc) is 2.46. The molecule has 0 radical (unpaired) electrons. The van der Waals surface area contributed by atoms with Crippen LogP contribution in [0, 0.1) is 10.1 Å². The van der Waals surface area contributed by atoms with Crippen molar-refractivity contribution in [2.45, 2.75) is 26.4 Å². The summed E-state index contributed by atoms with van der Waals surface area (Å²) in [5, 5.41) is 16.3. The fraction of sp³-hybridized carbons (Fsp3) is 0.429. The maximum absolute atomic E-state index is 12.0. The van der Waals surface area contributed by atoms with Crippen molar-refractivity contribution in [3.63, 3.8) is 0 Å². The molecule has 0 atom stereocenters. The first kappa shape index (κ1) is 18.0. The van der Waals surface area contributed by atoms with E-state index in [9.17, 15) is 14.9 Å². The fourth-order valence-electron chi connectivity index (χ4n) is 1.63. The van der Waals surface area contributed by atoms with E-state index in [0.717, 1.165) is 6.42 Å². The minimum Gasteiger partial charge on any atom is -0.379 e. The molecule has 2 N–H and O–H groups in total. The zero-order chi connectivity index (χ0) is 16.5. The van der Waals surface area contributed by atoms with E-state index in [1.54, 1.807) is 6.07 Å². The average molecular weight is 325 g/mol. The number of nitro benzene ring substituents is 1. The number of amides is 1. The summed E-state index contributed by atoms with van der Waals surface area (Å²) in [7, 11) is 0. The molecule has 120 valence electrons. The van der Waals surface area contributed by atoms with Crippen molar-refractivity contribution in [3.8, 4) is 0 Å². The Morgan fingerprint density at radius 3 is 2.73 bits per heavy atom. The topological polar surface area (TPSA) is 93.5 Å². The predicted octanol–water partition coefficient (Wildman–Crippen LogP) is 2.01. The van der Waals surface area contributed by atoms with Crippen molar-refractivity contribution < 1.29 is 14.5 Å². The molecule has 0 unspecified atom stereocenters. The molecule has 0 saturated heterocycles. The lowest BCUT2D eigenvalue weighted by molar-refractivity contribution is -0.385. The molecule has 0 heterocycles. The third-order valence-corrected chi connectivity index (χ3v) is 2.88. The summed E-state index contributed by atoms with van der Waals surface area (Å²) in [5.74, 6) is -0.608. The van der Waals surface area contributed by atoms with Crippen LogP contribution in [0.15, 0.2) is 24.3 Å². The number of hydrogen-bond acceptors (Lipinski definition) is 5. The molecular weight excluding hydrogens is 306 g/mol.